The number of fused-ring (bicyclic) bond motifs is 1. The normalized spacial score (nSPS) is 11.4. The monoisotopic (exact) mass is 350 g/mol. The second-order valence-electron chi connectivity index (χ2n) is 7.10. The molecule has 134 valence electrons. The van der Waals surface area contributed by atoms with Crippen molar-refractivity contribution in [1.82, 2.24) is 9.97 Å². The van der Waals surface area contributed by atoms with E-state index in [9.17, 15) is 4.79 Å². The van der Waals surface area contributed by atoms with Crippen molar-refractivity contribution in [2.45, 2.75) is 39.7 Å². The fourth-order valence-electron chi connectivity index (χ4n) is 2.65. The van der Waals surface area contributed by atoms with Crippen LogP contribution in [0.2, 0.25) is 0 Å². The van der Waals surface area contributed by atoms with E-state index in [0.29, 0.717) is 17.5 Å². The van der Waals surface area contributed by atoms with E-state index in [1.54, 1.807) is 12.3 Å². The van der Waals surface area contributed by atoms with E-state index >= 15 is 0 Å². The molecule has 3 aromatic rings. The zero-order valence-corrected chi connectivity index (χ0v) is 15.4. The van der Waals surface area contributed by atoms with Gasteiger partial charge in [0, 0.05) is 17.6 Å². The Kier molecular flexibility index (Phi) is 4.89. The van der Waals surface area contributed by atoms with Gasteiger partial charge >= 0.3 is 5.97 Å². The second-order valence-corrected chi connectivity index (χ2v) is 7.10. The Labute approximate surface area is 153 Å². The van der Waals surface area contributed by atoms with Crippen molar-refractivity contribution in [2.75, 3.05) is 0 Å². The summed E-state index contributed by atoms with van der Waals surface area (Å²) in [5.41, 5.74) is 0.646. The molecule has 0 radical (unpaired) electrons. The maximum absolute atomic E-state index is 12.0. The average Bonchev–Trinajstić information content (AvgIpc) is 2.56. The van der Waals surface area contributed by atoms with E-state index in [2.05, 4.69) is 23.0 Å². The molecular weight excluding hydrogens is 328 g/mol. The number of benzene rings is 2. The van der Waals surface area contributed by atoms with E-state index in [4.69, 9.17) is 9.47 Å². The maximum atomic E-state index is 12.0. The molecule has 0 aliphatic rings. The number of nitrogens with zero attached hydrogens (tertiary/aromatic N) is 2. The van der Waals surface area contributed by atoms with Crippen molar-refractivity contribution < 1.29 is 14.3 Å². The molecule has 0 saturated carbocycles. The summed E-state index contributed by atoms with van der Waals surface area (Å²) in [7, 11) is 0. The molecule has 5 nitrogen and oxygen atoms in total. The molecule has 0 N–H and O–H groups in total. The third kappa shape index (κ3) is 4.36. The summed E-state index contributed by atoms with van der Waals surface area (Å²) in [6.45, 7) is 7.55. The first-order valence-electron chi connectivity index (χ1n) is 8.52. The van der Waals surface area contributed by atoms with Gasteiger partial charge in [0.25, 0.3) is 0 Å². The van der Waals surface area contributed by atoms with Gasteiger partial charge < -0.3 is 9.47 Å². The molecule has 0 atom stereocenters. The standard InChI is InChI=1S/C21H22N2O3/c1-14-9-10-17(16-8-6-5-7-15(14)16)25-19-11-12-22-18(23-19)13-20(24)26-21(2,3)4/h5-12H,13H2,1-4H3. The van der Waals surface area contributed by atoms with Gasteiger partial charge in [-0.3, -0.25) is 4.79 Å². The Balaban J connectivity index is 1.82. The lowest BCUT2D eigenvalue weighted by molar-refractivity contribution is -0.154. The predicted octanol–water partition coefficient (Wildman–Crippen LogP) is 4.61. The predicted molar refractivity (Wildman–Crippen MR) is 100 cm³/mol. The molecule has 0 spiro atoms. The number of ether oxygens (including phenoxy) is 2. The van der Waals surface area contributed by atoms with Gasteiger partial charge in [0.05, 0.1) is 0 Å². The van der Waals surface area contributed by atoms with Gasteiger partial charge in [-0.1, -0.05) is 30.3 Å². The zero-order valence-electron chi connectivity index (χ0n) is 15.4. The summed E-state index contributed by atoms with van der Waals surface area (Å²) in [5, 5.41) is 2.15. The van der Waals surface area contributed by atoms with E-state index < -0.39 is 5.60 Å². The second kappa shape index (κ2) is 7.12. The van der Waals surface area contributed by atoms with Crippen LogP contribution in [0, 0.1) is 6.92 Å². The van der Waals surface area contributed by atoms with Crippen LogP contribution in [0.5, 0.6) is 11.6 Å². The van der Waals surface area contributed by atoms with Crippen LogP contribution < -0.4 is 4.74 Å². The van der Waals surface area contributed by atoms with Gasteiger partial charge in [0.2, 0.25) is 5.88 Å². The third-order valence-electron chi connectivity index (χ3n) is 3.72. The van der Waals surface area contributed by atoms with Crippen LogP contribution in [0.1, 0.15) is 32.2 Å². The van der Waals surface area contributed by atoms with Crippen LogP contribution in [-0.2, 0) is 16.0 Å². The van der Waals surface area contributed by atoms with Gasteiger partial charge in [-0.05, 0) is 44.7 Å². The number of hydrogen-bond donors (Lipinski definition) is 0. The Morgan fingerprint density at radius 1 is 1.04 bits per heavy atom. The quantitative estimate of drug-likeness (QED) is 0.643. The summed E-state index contributed by atoms with van der Waals surface area (Å²) < 4.78 is 11.3. The van der Waals surface area contributed by atoms with Crippen molar-refractivity contribution in [3.05, 3.63) is 60.0 Å². The van der Waals surface area contributed by atoms with Crippen LogP contribution >= 0.6 is 0 Å². The van der Waals surface area contributed by atoms with Gasteiger partial charge in [-0.25, -0.2) is 4.98 Å². The molecule has 26 heavy (non-hydrogen) atoms. The molecular formula is C21H22N2O3. The molecule has 0 bridgehead atoms. The first-order chi connectivity index (χ1) is 12.3. The minimum atomic E-state index is -0.536. The SMILES string of the molecule is Cc1ccc(Oc2ccnc(CC(=O)OC(C)(C)C)n2)c2ccccc12. The first-order valence-corrected chi connectivity index (χ1v) is 8.52. The summed E-state index contributed by atoms with van der Waals surface area (Å²) in [4.78, 5) is 20.4. The van der Waals surface area contributed by atoms with Crippen LogP contribution in [0.15, 0.2) is 48.7 Å². The Bertz CT molecular complexity index is 945. The Morgan fingerprint density at radius 3 is 2.50 bits per heavy atom. The average molecular weight is 350 g/mol. The number of aromatic nitrogens is 2. The Morgan fingerprint density at radius 2 is 1.77 bits per heavy atom. The highest BCUT2D eigenvalue weighted by Crippen LogP contribution is 2.31. The number of esters is 1. The fraction of sp³-hybridized carbons (Fsp3) is 0.286. The number of aryl methyl sites for hydroxylation is 1. The third-order valence-corrected chi connectivity index (χ3v) is 3.72. The molecule has 0 unspecified atom stereocenters. The van der Waals surface area contributed by atoms with Crippen molar-refractivity contribution >= 4 is 16.7 Å². The molecule has 2 aromatic carbocycles. The molecule has 0 fully saturated rings. The minimum Gasteiger partial charge on any atom is -0.460 e. The zero-order chi connectivity index (χ0) is 18.7. The molecule has 1 aromatic heterocycles. The highest BCUT2D eigenvalue weighted by atomic mass is 16.6. The number of hydrogen-bond acceptors (Lipinski definition) is 5. The van der Waals surface area contributed by atoms with E-state index in [1.165, 1.54) is 5.56 Å². The Hall–Kier alpha value is -2.95. The van der Waals surface area contributed by atoms with E-state index in [0.717, 1.165) is 10.8 Å². The van der Waals surface area contributed by atoms with Crippen molar-refractivity contribution in [3.8, 4) is 11.6 Å². The summed E-state index contributed by atoms with van der Waals surface area (Å²) in [6, 6.07) is 13.7. The largest absolute Gasteiger partial charge is 0.460 e. The minimum absolute atomic E-state index is 0.00309. The maximum Gasteiger partial charge on any atom is 0.314 e. The van der Waals surface area contributed by atoms with E-state index in [1.807, 2.05) is 51.1 Å². The topological polar surface area (TPSA) is 61.3 Å². The van der Waals surface area contributed by atoms with Crippen molar-refractivity contribution in [2.24, 2.45) is 0 Å². The smallest absolute Gasteiger partial charge is 0.314 e. The first kappa shape index (κ1) is 17.9. The molecule has 5 heteroatoms. The molecule has 3 rings (SSSR count). The van der Waals surface area contributed by atoms with Crippen LogP contribution in [0.3, 0.4) is 0 Å². The van der Waals surface area contributed by atoms with Gasteiger partial charge in [-0.15, -0.1) is 0 Å². The van der Waals surface area contributed by atoms with Gasteiger partial charge in [0.1, 0.15) is 23.6 Å². The van der Waals surface area contributed by atoms with Gasteiger partial charge in [-0.2, -0.15) is 4.98 Å². The molecule has 0 aliphatic heterocycles. The highest BCUT2D eigenvalue weighted by molar-refractivity contribution is 5.91. The van der Waals surface area contributed by atoms with Crippen molar-refractivity contribution in [3.63, 3.8) is 0 Å². The van der Waals surface area contributed by atoms with E-state index in [-0.39, 0.29) is 12.4 Å². The van der Waals surface area contributed by atoms with Crippen LogP contribution in [0.4, 0.5) is 0 Å². The molecule has 0 amide bonds. The number of carbonyl (C=O) groups excluding carboxylic acids is 1. The molecule has 1 heterocycles. The van der Waals surface area contributed by atoms with Crippen LogP contribution in [0.25, 0.3) is 10.8 Å². The van der Waals surface area contributed by atoms with Crippen LogP contribution in [-0.4, -0.2) is 21.5 Å². The van der Waals surface area contributed by atoms with Gasteiger partial charge in [0.15, 0.2) is 0 Å². The van der Waals surface area contributed by atoms with Crippen molar-refractivity contribution in [1.29, 1.82) is 0 Å². The summed E-state index contributed by atoms with van der Waals surface area (Å²) in [5.74, 6) is 1.12. The number of carbonyl (C=O) groups is 1. The number of rotatable bonds is 4. The lowest BCUT2D eigenvalue weighted by atomic mass is 10.1. The summed E-state index contributed by atoms with van der Waals surface area (Å²) >= 11 is 0. The summed E-state index contributed by atoms with van der Waals surface area (Å²) in [6.07, 6.45) is 1.58. The highest BCUT2D eigenvalue weighted by Gasteiger charge is 2.18. The lowest BCUT2D eigenvalue weighted by Crippen LogP contribution is -2.25. The lowest BCUT2D eigenvalue weighted by Gasteiger charge is -2.19. The molecule has 0 aliphatic carbocycles. The molecule has 0 saturated heterocycles. The fourth-order valence-corrected chi connectivity index (χ4v) is 2.65.